The quantitative estimate of drug-likeness (QED) is 0.544. The first-order chi connectivity index (χ1) is 12.8. The molecule has 0 saturated carbocycles. The van der Waals surface area contributed by atoms with Crippen molar-refractivity contribution < 1.29 is 0 Å². The summed E-state index contributed by atoms with van der Waals surface area (Å²) in [6.07, 6.45) is 4.32. The van der Waals surface area contributed by atoms with Crippen LogP contribution in [0.25, 0.3) is 22.1 Å². The molecule has 7 nitrogen and oxygen atoms in total. The van der Waals surface area contributed by atoms with E-state index < -0.39 is 0 Å². The van der Waals surface area contributed by atoms with Crippen LogP contribution in [0.3, 0.4) is 0 Å². The molecular weight excluding hydrogens is 346 g/mol. The average Bonchev–Trinajstić information content (AvgIpc) is 3.38. The van der Waals surface area contributed by atoms with Gasteiger partial charge in [-0.15, -0.1) is 11.3 Å². The van der Waals surface area contributed by atoms with Crippen molar-refractivity contribution in [2.45, 2.75) is 19.9 Å². The summed E-state index contributed by atoms with van der Waals surface area (Å²) in [5, 5.41) is 12.6. The number of anilines is 1. The Morgan fingerprint density at radius 1 is 1.08 bits per heavy atom. The van der Waals surface area contributed by atoms with E-state index in [4.69, 9.17) is 0 Å². The van der Waals surface area contributed by atoms with Gasteiger partial charge in [0.2, 0.25) is 0 Å². The summed E-state index contributed by atoms with van der Waals surface area (Å²) < 4.78 is 0. The maximum absolute atomic E-state index is 4.61. The summed E-state index contributed by atoms with van der Waals surface area (Å²) in [6, 6.07) is 9.76. The highest BCUT2D eigenvalue weighted by atomic mass is 32.1. The number of aromatic amines is 1. The second-order valence-electron chi connectivity index (χ2n) is 5.59. The number of nitrogens with zero attached hydrogens (tertiary/aromatic N) is 5. The number of H-pyrrole nitrogens is 1. The van der Waals surface area contributed by atoms with Crippen LogP contribution in [0.5, 0.6) is 0 Å². The lowest BCUT2D eigenvalue weighted by molar-refractivity contribution is 0.937. The van der Waals surface area contributed by atoms with Crippen LogP contribution in [-0.4, -0.2) is 30.1 Å². The third kappa shape index (κ3) is 3.60. The minimum atomic E-state index is 0.508. The van der Waals surface area contributed by atoms with Gasteiger partial charge in [0.25, 0.3) is 0 Å². The summed E-state index contributed by atoms with van der Waals surface area (Å²) in [5.74, 6) is 2.92. The first-order valence-corrected chi connectivity index (χ1v) is 9.17. The van der Waals surface area contributed by atoms with Crippen LogP contribution in [0, 0.1) is 0 Å². The van der Waals surface area contributed by atoms with E-state index >= 15 is 0 Å². The van der Waals surface area contributed by atoms with Gasteiger partial charge >= 0.3 is 0 Å². The smallest absolute Gasteiger partial charge is 0.191 e. The molecule has 4 aromatic heterocycles. The molecule has 26 heavy (non-hydrogen) atoms. The molecule has 8 heteroatoms. The molecule has 0 bridgehead atoms. The lowest BCUT2D eigenvalue weighted by atomic mass is 10.2. The van der Waals surface area contributed by atoms with Crippen molar-refractivity contribution in [1.82, 2.24) is 30.1 Å². The molecule has 0 aromatic carbocycles. The molecule has 4 heterocycles. The first-order valence-electron chi connectivity index (χ1n) is 8.29. The highest BCUT2D eigenvalue weighted by Gasteiger charge is 2.09. The monoisotopic (exact) mass is 363 g/mol. The lowest BCUT2D eigenvalue weighted by Crippen LogP contribution is -2.06. The molecule has 0 aliphatic rings. The van der Waals surface area contributed by atoms with Gasteiger partial charge in [-0.05, 0) is 30.0 Å². The maximum atomic E-state index is 4.61. The standard InChI is InChI=1S/C18H17N7S/c1-2-13-10-15(22-17(21-13)12-5-7-19-8-6-12)20-11-16-23-18(25-24-16)14-4-3-9-26-14/h3-10H,2,11H2,1H3,(H,20,21,22)(H,23,24,25). The van der Waals surface area contributed by atoms with Gasteiger partial charge in [0, 0.05) is 29.7 Å². The fourth-order valence-electron chi connectivity index (χ4n) is 2.46. The van der Waals surface area contributed by atoms with Gasteiger partial charge in [-0.1, -0.05) is 13.0 Å². The van der Waals surface area contributed by atoms with Crippen molar-refractivity contribution >= 4 is 17.2 Å². The summed E-state index contributed by atoms with van der Waals surface area (Å²) in [7, 11) is 0. The normalized spacial score (nSPS) is 10.8. The van der Waals surface area contributed by atoms with Crippen LogP contribution >= 0.6 is 11.3 Å². The summed E-state index contributed by atoms with van der Waals surface area (Å²) in [6.45, 7) is 2.58. The number of nitrogens with one attached hydrogen (secondary N) is 2. The molecule has 0 atom stereocenters. The molecule has 0 aliphatic carbocycles. The minimum Gasteiger partial charge on any atom is -0.363 e. The van der Waals surface area contributed by atoms with Gasteiger partial charge in [-0.3, -0.25) is 10.1 Å². The van der Waals surface area contributed by atoms with Crippen LogP contribution in [-0.2, 0) is 13.0 Å². The molecule has 4 rings (SSSR count). The topological polar surface area (TPSA) is 92.3 Å². The minimum absolute atomic E-state index is 0.508. The van der Waals surface area contributed by atoms with E-state index in [2.05, 4.69) is 42.4 Å². The van der Waals surface area contributed by atoms with Gasteiger partial charge in [-0.2, -0.15) is 5.10 Å². The zero-order valence-electron chi connectivity index (χ0n) is 14.2. The van der Waals surface area contributed by atoms with Gasteiger partial charge in [0.05, 0.1) is 11.4 Å². The van der Waals surface area contributed by atoms with E-state index in [1.165, 1.54) is 0 Å². The molecule has 0 amide bonds. The number of hydrogen-bond acceptors (Lipinski definition) is 7. The van der Waals surface area contributed by atoms with Crippen LogP contribution in [0.1, 0.15) is 18.4 Å². The van der Waals surface area contributed by atoms with Gasteiger partial charge in [0.15, 0.2) is 11.6 Å². The van der Waals surface area contributed by atoms with E-state index in [1.807, 2.05) is 35.7 Å². The number of aryl methyl sites for hydroxylation is 1. The van der Waals surface area contributed by atoms with E-state index in [9.17, 15) is 0 Å². The van der Waals surface area contributed by atoms with Crippen LogP contribution in [0.4, 0.5) is 5.82 Å². The fourth-order valence-corrected chi connectivity index (χ4v) is 3.12. The summed E-state index contributed by atoms with van der Waals surface area (Å²) in [4.78, 5) is 18.8. The van der Waals surface area contributed by atoms with Crippen molar-refractivity contribution in [2.75, 3.05) is 5.32 Å². The first kappa shape index (κ1) is 16.3. The number of thiophene rings is 1. The van der Waals surface area contributed by atoms with Crippen molar-refractivity contribution in [3.8, 4) is 22.1 Å². The largest absolute Gasteiger partial charge is 0.363 e. The van der Waals surface area contributed by atoms with Crippen molar-refractivity contribution in [1.29, 1.82) is 0 Å². The van der Waals surface area contributed by atoms with Gasteiger partial charge < -0.3 is 5.32 Å². The van der Waals surface area contributed by atoms with Crippen LogP contribution in [0.2, 0.25) is 0 Å². The molecule has 0 aliphatic heterocycles. The second-order valence-corrected chi connectivity index (χ2v) is 6.54. The predicted molar refractivity (Wildman–Crippen MR) is 102 cm³/mol. The number of aromatic nitrogens is 6. The predicted octanol–water partition coefficient (Wildman–Crippen LogP) is 3.56. The Kier molecular flexibility index (Phi) is 4.65. The van der Waals surface area contributed by atoms with E-state index in [1.54, 1.807) is 23.7 Å². The molecule has 0 radical (unpaired) electrons. The molecule has 0 spiro atoms. The van der Waals surface area contributed by atoms with Gasteiger partial charge in [-0.25, -0.2) is 15.0 Å². The van der Waals surface area contributed by atoms with E-state index in [0.717, 1.165) is 34.2 Å². The van der Waals surface area contributed by atoms with Crippen molar-refractivity contribution in [3.05, 3.63) is 59.6 Å². The molecule has 0 saturated heterocycles. The Bertz CT molecular complexity index is 980. The Morgan fingerprint density at radius 2 is 1.96 bits per heavy atom. The second kappa shape index (κ2) is 7.40. The number of hydrogen-bond donors (Lipinski definition) is 2. The Morgan fingerprint density at radius 3 is 2.73 bits per heavy atom. The molecule has 2 N–H and O–H groups in total. The summed E-state index contributed by atoms with van der Waals surface area (Å²) >= 11 is 1.62. The van der Waals surface area contributed by atoms with E-state index in [-0.39, 0.29) is 0 Å². The lowest BCUT2D eigenvalue weighted by Gasteiger charge is -2.08. The van der Waals surface area contributed by atoms with E-state index in [0.29, 0.717) is 18.2 Å². The van der Waals surface area contributed by atoms with Crippen LogP contribution < -0.4 is 5.32 Å². The van der Waals surface area contributed by atoms with Crippen LogP contribution in [0.15, 0.2) is 48.1 Å². The number of pyridine rings is 1. The third-order valence-electron chi connectivity index (χ3n) is 3.79. The number of rotatable bonds is 6. The highest BCUT2D eigenvalue weighted by Crippen LogP contribution is 2.21. The zero-order chi connectivity index (χ0) is 17.8. The van der Waals surface area contributed by atoms with Gasteiger partial charge in [0.1, 0.15) is 11.6 Å². The fraction of sp³-hybridized carbons (Fsp3) is 0.167. The Labute approximate surface area is 154 Å². The van der Waals surface area contributed by atoms with Crippen molar-refractivity contribution in [2.24, 2.45) is 0 Å². The molecule has 4 aromatic rings. The molecule has 0 unspecified atom stereocenters. The average molecular weight is 363 g/mol. The Hall–Kier alpha value is -3.13. The third-order valence-corrected chi connectivity index (χ3v) is 4.66. The Balaban J connectivity index is 1.53. The summed E-state index contributed by atoms with van der Waals surface area (Å²) in [5.41, 5.74) is 1.92. The molecule has 130 valence electrons. The SMILES string of the molecule is CCc1cc(NCc2nc(-c3cccs3)n[nH]2)nc(-c2ccncc2)n1. The highest BCUT2D eigenvalue weighted by molar-refractivity contribution is 7.13. The molecule has 0 fully saturated rings. The molecular formula is C18H17N7S. The maximum Gasteiger partial charge on any atom is 0.191 e. The zero-order valence-corrected chi connectivity index (χ0v) is 15.0. The van der Waals surface area contributed by atoms with Crippen molar-refractivity contribution in [3.63, 3.8) is 0 Å².